The predicted octanol–water partition coefficient (Wildman–Crippen LogP) is 2.23. The summed E-state index contributed by atoms with van der Waals surface area (Å²) in [6.07, 6.45) is 3.19. The van der Waals surface area contributed by atoms with Crippen molar-refractivity contribution in [3.8, 4) is 0 Å². The molecule has 0 aromatic carbocycles. The van der Waals surface area contributed by atoms with Crippen LogP contribution >= 0.6 is 12.4 Å². The van der Waals surface area contributed by atoms with Crippen molar-refractivity contribution in [3.05, 3.63) is 12.7 Å². The lowest BCUT2D eigenvalue weighted by molar-refractivity contribution is 0.590. The summed E-state index contributed by atoms with van der Waals surface area (Å²) in [7, 11) is 0. The molecule has 62 valence electrons. The van der Waals surface area contributed by atoms with Crippen molar-refractivity contribution in [2.45, 2.75) is 20.3 Å². The highest BCUT2D eigenvalue weighted by Gasteiger charge is 1.91. The third kappa shape index (κ3) is 7.99. The van der Waals surface area contributed by atoms with Gasteiger partial charge in [-0.15, -0.1) is 19.0 Å². The third-order valence-electron chi connectivity index (χ3n) is 1.30. The predicted molar refractivity (Wildman–Crippen MR) is 49.8 cm³/mol. The van der Waals surface area contributed by atoms with Crippen LogP contribution in [0.25, 0.3) is 0 Å². The fourth-order valence-electron chi connectivity index (χ4n) is 0.590. The number of rotatable bonds is 5. The first-order chi connectivity index (χ1) is 4.31. The molecule has 1 N–H and O–H groups in total. The van der Waals surface area contributed by atoms with E-state index >= 15 is 0 Å². The minimum absolute atomic E-state index is 0. The second kappa shape index (κ2) is 8.99. The van der Waals surface area contributed by atoms with Crippen LogP contribution in [0.15, 0.2) is 12.7 Å². The Balaban J connectivity index is 0. The van der Waals surface area contributed by atoms with Crippen molar-refractivity contribution < 1.29 is 0 Å². The molecule has 0 fully saturated rings. The van der Waals surface area contributed by atoms with E-state index in [1.807, 2.05) is 6.08 Å². The largest absolute Gasteiger partial charge is 0.316 e. The van der Waals surface area contributed by atoms with Crippen LogP contribution in [0.1, 0.15) is 20.3 Å². The molecule has 0 bridgehead atoms. The monoisotopic (exact) mass is 163 g/mol. The van der Waals surface area contributed by atoms with Crippen molar-refractivity contribution in [2.24, 2.45) is 5.92 Å². The first kappa shape index (κ1) is 12.6. The third-order valence-corrected chi connectivity index (χ3v) is 1.30. The Morgan fingerprint density at radius 2 is 2.20 bits per heavy atom. The van der Waals surface area contributed by atoms with Gasteiger partial charge in [0.2, 0.25) is 0 Å². The summed E-state index contributed by atoms with van der Waals surface area (Å²) in [5.74, 6) is 0.608. The van der Waals surface area contributed by atoms with Gasteiger partial charge in [0.25, 0.3) is 0 Å². The zero-order valence-electron chi connectivity index (χ0n) is 6.89. The van der Waals surface area contributed by atoms with Gasteiger partial charge in [0, 0.05) is 6.54 Å². The van der Waals surface area contributed by atoms with Gasteiger partial charge < -0.3 is 5.32 Å². The molecule has 0 saturated carbocycles. The highest BCUT2D eigenvalue weighted by Crippen LogP contribution is 1.90. The lowest BCUT2D eigenvalue weighted by Gasteiger charge is -2.05. The molecule has 0 aliphatic carbocycles. The Morgan fingerprint density at radius 1 is 1.60 bits per heavy atom. The maximum absolute atomic E-state index is 3.70. The second-order valence-electron chi connectivity index (χ2n) is 2.42. The van der Waals surface area contributed by atoms with Crippen molar-refractivity contribution in [3.63, 3.8) is 0 Å². The van der Waals surface area contributed by atoms with E-state index in [1.54, 1.807) is 0 Å². The molecule has 0 aromatic rings. The summed E-state index contributed by atoms with van der Waals surface area (Å²) >= 11 is 0. The maximum Gasteiger partial charge on any atom is 0.00114 e. The summed E-state index contributed by atoms with van der Waals surface area (Å²) in [5, 5.41) is 3.31. The van der Waals surface area contributed by atoms with Crippen LogP contribution < -0.4 is 5.32 Å². The summed E-state index contributed by atoms with van der Waals surface area (Å²) in [5.41, 5.74) is 0. The molecule has 1 nitrogen and oxygen atoms in total. The highest BCUT2D eigenvalue weighted by atomic mass is 35.5. The van der Waals surface area contributed by atoms with Gasteiger partial charge >= 0.3 is 0 Å². The van der Waals surface area contributed by atoms with E-state index in [9.17, 15) is 0 Å². The van der Waals surface area contributed by atoms with E-state index in [2.05, 4.69) is 25.7 Å². The molecule has 0 rings (SSSR count). The number of nitrogens with one attached hydrogen (secondary N) is 1. The van der Waals surface area contributed by atoms with Crippen molar-refractivity contribution in [1.29, 1.82) is 0 Å². The van der Waals surface area contributed by atoms with Gasteiger partial charge in [-0.05, 0) is 18.9 Å². The summed E-state index contributed by atoms with van der Waals surface area (Å²) < 4.78 is 0. The van der Waals surface area contributed by atoms with Crippen molar-refractivity contribution in [2.75, 3.05) is 13.1 Å². The molecule has 0 aliphatic heterocycles. The normalized spacial score (nSPS) is 11.8. The van der Waals surface area contributed by atoms with Gasteiger partial charge in [-0.25, -0.2) is 0 Å². The van der Waals surface area contributed by atoms with Gasteiger partial charge in [-0.2, -0.15) is 0 Å². The first-order valence-corrected chi connectivity index (χ1v) is 3.64. The van der Waals surface area contributed by atoms with Crippen LogP contribution in [-0.2, 0) is 0 Å². The average Bonchev–Trinajstić information content (AvgIpc) is 1.89. The van der Waals surface area contributed by atoms with E-state index in [0.29, 0.717) is 5.92 Å². The molecular formula is C8H18ClN. The molecule has 10 heavy (non-hydrogen) atoms. The second-order valence-corrected chi connectivity index (χ2v) is 2.42. The Hall–Kier alpha value is -0.0100. The molecule has 0 radical (unpaired) electrons. The summed E-state index contributed by atoms with van der Waals surface area (Å²) in [4.78, 5) is 0. The van der Waals surface area contributed by atoms with Gasteiger partial charge in [0.15, 0.2) is 0 Å². The highest BCUT2D eigenvalue weighted by molar-refractivity contribution is 5.85. The van der Waals surface area contributed by atoms with Crippen LogP contribution in [0.4, 0.5) is 0 Å². The fourth-order valence-corrected chi connectivity index (χ4v) is 0.590. The van der Waals surface area contributed by atoms with Crippen LogP contribution in [0.2, 0.25) is 0 Å². The molecule has 0 aromatic heterocycles. The summed E-state index contributed by atoms with van der Waals surface area (Å²) in [6, 6.07) is 0. The molecular weight excluding hydrogens is 146 g/mol. The molecule has 0 spiro atoms. The van der Waals surface area contributed by atoms with Crippen LogP contribution in [0.5, 0.6) is 0 Å². The minimum Gasteiger partial charge on any atom is -0.316 e. The number of hydrogen-bond acceptors (Lipinski definition) is 1. The van der Waals surface area contributed by atoms with Gasteiger partial charge in [0.1, 0.15) is 0 Å². The Morgan fingerprint density at radius 3 is 2.60 bits per heavy atom. The maximum atomic E-state index is 3.70. The molecule has 2 heteroatoms. The van der Waals surface area contributed by atoms with Gasteiger partial charge in [-0.1, -0.05) is 19.9 Å². The zero-order chi connectivity index (χ0) is 7.11. The lowest BCUT2D eigenvalue weighted by Crippen LogP contribution is -2.20. The molecule has 0 saturated heterocycles. The molecule has 0 aliphatic rings. The van der Waals surface area contributed by atoms with Crippen LogP contribution in [-0.4, -0.2) is 13.1 Å². The van der Waals surface area contributed by atoms with Gasteiger partial charge in [-0.3, -0.25) is 0 Å². The zero-order valence-corrected chi connectivity index (χ0v) is 7.71. The number of hydrogen-bond donors (Lipinski definition) is 1. The molecule has 0 amide bonds. The Kier molecular flexibility index (Phi) is 11.4. The molecule has 1 unspecified atom stereocenters. The standard InChI is InChI=1S/C8H17N.ClH/c1-4-6-9-7-8(3)5-2;/h5,8-9H,2,4,6-7H2,1,3H3;1H. The van der Waals surface area contributed by atoms with E-state index in [4.69, 9.17) is 0 Å². The topological polar surface area (TPSA) is 12.0 Å². The molecule has 0 heterocycles. The summed E-state index contributed by atoms with van der Waals surface area (Å²) in [6.45, 7) is 10.2. The van der Waals surface area contributed by atoms with Crippen molar-refractivity contribution in [1.82, 2.24) is 5.32 Å². The van der Waals surface area contributed by atoms with Crippen LogP contribution in [0, 0.1) is 5.92 Å². The molecule has 1 atom stereocenters. The van der Waals surface area contributed by atoms with E-state index in [0.717, 1.165) is 13.1 Å². The quantitative estimate of drug-likeness (QED) is 0.484. The van der Waals surface area contributed by atoms with E-state index in [1.165, 1.54) is 6.42 Å². The minimum atomic E-state index is 0. The lowest BCUT2D eigenvalue weighted by atomic mass is 10.2. The Bertz CT molecular complexity index is 73.7. The fraction of sp³-hybridized carbons (Fsp3) is 0.750. The smallest absolute Gasteiger partial charge is 0.00114 e. The number of halogens is 1. The van der Waals surface area contributed by atoms with Crippen molar-refractivity contribution >= 4 is 12.4 Å². The van der Waals surface area contributed by atoms with E-state index < -0.39 is 0 Å². The average molecular weight is 164 g/mol. The SMILES string of the molecule is C=CC(C)CNCCC.Cl. The Labute approximate surface area is 70.3 Å². The van der Waals surface area contributed by atoms with Gasteiger partial charge in [0.05, 0.1) is 0 Å². The first-order valence-electron chi connectivity index (χ1n) is 3.64. The van der Waals surface area contributed by atoms with Crippen LogP contribution in [0.3, 0.4) is 0 Å². The van der Waals surface area contributed by atoms with E-state index in [-0.39, 0.29) is 12.4 Å².